The summed E-state index contributed by atoms with van der Waals surface area (Å²) < 4.78 is 10.2. The number of benzene rings is 2. The van der Waals surface area contributed by atoms with Crippen LogP contribution in [0, 0.1) is 11.3 Å². The summed E-state index contributed by atoms with van der Waals surface area (Å²) in [6.45, 7) is -0.441. The molecule has 0 radical (unpaired) electrons. The van der Waals surface area contributed by atoms with E-state index in [-0.39, 0.29) is 5.56 Å². The third-order valence-electron chi connectivity index (χ3n) is 3.24. The normalized spacial score (nSPS) is 9.80. The van der Waals surface area contributed by atoms with Gasteiger partial charge in [0, 0.05) is 10.6 Å². The molecule has 0 spiro atoms. The number of carbonyl (C=O) groups is 2. The summed E-state index contributed by atoms with van der Waals surface area (Å²) in [6, 6.07) is 13.5. The zero-order valence-corrected chi connectivity index (χ0v) is 14.6. The van der Waals surface area contributed by atoms with Crippen LogP contribution in [0.15, 0.2) is 47.4 Å². The van der Waals surface area contributed by atoms with Gasteiger partial charge in [0.05, 0.1) is 18.7 Å². The molecule has 0 heterocycles. The second-order valence-electron chi connectivity index (χ2n) is 4.88. The van der Waals surface area contributed by atoms with Crippen molar-refractivity contribution in [2.75, 3.05) is 25.3 Å². The zero-order valence-electron chi connectivity index (χ0n) is 13.7. The average molecular weight is 356 g/mol. The first-order chi connectivity index (χ1) is 12.1. The molecular formula is C18H16N2O4S. The maximum Gasteiger partial charge on any atom is 0.342 e. The summed E-state index contributed by atoms with van der Waals surface area (Å²) in [4.78, 5) is 25.0. The summed E-state index contributed by atoms with van der Waals surface area (Å²) >= 11 is 1.52. The monoisotopic (exact) mass is 356 g/mol. The van der Waals surface area contributed by atoms with Gasteiger partial charge in [-0.15, -0.1) is 11.8 Å². The van der Waals surface area contributed by atoms with Crippen molar-refractivity contribution in [2.45, 2.75) is 4.90 Å². The quantitative estimate of drug-likeness (QED) is 0.632. The van der Waals surface area contributed by atoms with Crippen LogP contribution in [0.25, 0.3) is 0 Å². The van der Waals surface area contributed by atoms with Gasteiger partial charge in [-0.05, 0) is 42.7 Å². The van der Waals surface area contributed by atoms with Crippen molar-refractivity contribution >= 4 is 29.3 Å². The predicted octanol–water partition coefficient (Wildman–Crippen LogP) is 3.08. The van der Waals surface area contributed by atoms with E-state index >= 15 is 0 Å². The highest BCUT2D eigenvalue weighted by Gasteiger charge is 2.16. The number of rotatable bonds is 6. The van der Waals surface area contributed by atoms with Crippen molar-refractivity contribution in [3.8, 4) is 11.8 Å². The molecule has 0 fully saturated rings. The van der Waals surface area contributed by atoms with Crippen molar-refractivity contribution in [1.82, 2.24) is 0 Å². The fourth-order valence-electron chi connectivity index (χ4n) is 2.04. The number of methoxy groups -OCH3 is 1. The molecule has 7 heteroatoms. The molecule has 2 aromatic rings. The largest absolute Gasteiger partial charge is 0.496 e. The Morgan fingerprint density at radius 1 is 1.24 bits per heavy atom. The number of carbonyl (C=O) groups excluding carboxylic acids is 2. The predicted molar refractivity (Wildman–Crippen MR) is 94.8 cm³/mol. The number of anilines is 1. The lowest BCUT2D eigenvalue weighted by Crippen LogP contribution is -2.21. The van der Waals surface area contributed by atoms with Gasteiger partial charge in [-0.25, -0.2) is 4.79 Å². The Labute approximate surface area is 149 Å². The Morgan fingerprint density at radius 2 is 2.04 bits per heavy atom. The first-order valence-corrected chi connectivity index (χ1v) is 8.49. The van der Waals surface area contributed by atoms with Crippen LogP contribution < -0.4 is 10.1 Å². The van der Waals surface area contributed by atoms with E-state index in [1.165, 1.54) is 24.9 Å². The average Bonchev–Trinajstić information content (AvgIpc) is 2.65. The lowest BCUT2D eigenvalue weighted by atomic mass is 10.2. The van der Waals surface area contributed by atoms with Crippen molar-refractivity contribution in [3.63, 3.8) is 0 Å². The summed E-state index contributed by atoms with van der Waals surface area (Å²) in [5, 5.41) is 11.4. The van der Waals surface area contributed by atoms with Gasteiger partial charge in [-0.3, -0.25) is 4.79 Å². The van der Waals surface area contributed by atoms with E-state index in [1.54, 1.807) is 36.4 Å². The lowest BCUT2D eigenvalue weighted by Gasteiger charge is -2.10. The van der Waals surface area contributed by atoms with Gasteiger partial charge in [-0.2, -0.15) is 5.26 Å². The van der Waals surface area contributed by atoms with Gasteiger partial charge in [-0.1, -0.05) is 6.07 Å². The topological polar surface area (TPSA) is 88.4 Å². The SMILES string of the molecule is COc1cc(SC)ccc1C(=O)OCC(=O)Nc1cccc(C#N)c1. The zero-order chi connectivity index (χ0) is 18.2. The number of nitrogens with one attached hydrogen (secondary N) is 1. The Balaban J connectivity index is 1.97. The number of nitrogens with zero attached hydrogens (tertiary/aromatic N) is 1. The minimum Gasteiger partial charge on any atom is -0.496 e. The Hall–Kier alpha value is -2.98. The minimum atomic E-state index is -0.648. The number of esters is 1. The van der Waals surface area contributed by atoms with Crippen LogP contribution in [0.1, 0.15) is 15.9 Å². The van der Waals surface area contributed by atoms with Crippen LogP contribution in [-0.2, 0) is 9.53 Å². The first kappa shape index (κ1) is 18.4. The van der Waals surface area contributed by atoms with E-state index < -0.39 is 18.5 Å². The van der Waals surface area contributed by atoms with Crippen LogP contribution in [-0.4, -0.2) is 31.8 Å². The number of amides is 1. The molecule has 0 atom stereocenters. The molecule has 1 N–H and O–H groups in total. The molecule has 6 nitrogen and oxygen atoms in total. The maximum absolute atomic E-state index is 12.1. The Bertz CT molecular complexity index is 830. The van der Waals surface area contributed by atoms with Gasteiger partial charge in [0.25, 0.3) is 5.91 Å². The van der Waals surface area contributed by atoms with Crippen LogP contribution in [0.4, 0.5) is 5.69 Å². The molecule has 0 aromatic heterocycles. The molecule has 0 aliphatic carbocycles. The van der Waals surface area contributed by atoms with E-state index in [4.69, 9.17) is 14.7 Å². The number of hydrogen-bond acceptors (Lipinski definition) is 6. The molecule has 2 aromatic carbocycles. The third-order valence-corrected chi connectivity index (χ3v) is 3.96. The number of ether oxygens (including phenoxy) is 2. The molecule has 0 saturated heterocycles. The van der Waals surface area contributed by atoms with E-state index in [0.29, 0.717) is 17.0 Å². The first-order valence-electron chi connectivity index (χ1n) is 7.26. The highest BCUT2D eigenvalue weighted by atomic mass is 32.2. The smallest absolute Gasteiger partial charge is 0.342 e. The third kappa shape index (κ3) is 4.99. The molecule has 0 aliphatic heterocycles. The van der Waals surface area contributed by atoms with E-state index in [1.807, 2.05) is 12.3 Å². The number of thioether (sulfide) groups is 1. The van der Waals surface area contributed by atoms with E-state index in [2.05, 4.69) is 5.32 Å². The van der Waals surface area contributed by atoms with E-state index in [0.717, 1.165) is 4.90 Å². The highest BCUT2D eigenvalue weighted by molar-refractivity contribution is 7.98. The lowest BCUT2D eigenvalue weighted by molar-refractivity contribution is -0.119. The molecule has 25 heavy (non-hydrogen) atoms. The fourth-order valence-corrected chi connectivity index (χ4v) is 2.47. The van der Waals surface area contributed by atoms with Crippen LogP contribution in [0.5, 0.6) is 5.75 Å². The van der Waals surface area contributed by atoms with Gasteiger partial charge in [0.1, 0.15) is 11.3 Å². The van der Waals surface area contributed by atoms with Crippen molar-refractivity contribution in [2.24, 2.45) is 0 Å². The molecule has 128 valence electrons. The summed E-state index contributed by atoms with van der Waals surface area (Å²) in [6.07, 6.45) is 1.92. The van der Waals surface area contributed by atoms with Gasteiger partial charge in [0.2, 0.25) is 0 Å². The molecule has 2 rings (SSSR count). The maximum atomic E-state index is 12.1. The van der Waals surface area contributed by atoms with Crippen LogP contribution in [0.2, 0.25) is 0 Å². The Kier molecular flexibility index (Phi) is 6.43. The molecule has 0 bridgehead atoms. The number of hydrogen-bond donors (Lipinski definition) is 1. The minimum absolute atomic E-state index is 0.250. The van der Waals surface area contributed by atoms with Crippen LogP contribution >= 0.6 is 11.8 Å². The fraction of sp³-hybridized carbons (Fsp3) is 0.167. The molecular weight excluding hydrogens is 340 g/mol. The molecule has 0 aliphatic rings. The second kappa shape index (κ2) is 8.76. The van der Waals surface area contributed by atoms with E-state index in [9.17, 15) is 9.59 Å². The highest BCUT2D eigenvalue weighted by Crippen LogP contribution is 2.25. The summed E-state index contributed by atoms with van der Waals surface area (Å²) in [7, 11) is 1.46. The van der Waals surface area contributed by atoms with Gasteiger partial charge in [0.15, 0.2) is 6.61 Å². The Morgan fingerprint density at radius 3 is 2.72 bits per heavy atom. The summed E-state index contributed by atoms with van der Waals surface area (Å²) in [5.41, 5.74) is 1.13. The number of nitriles is 1. The second-order valence-corrected chi connectivity index (χ2v) is 5.76. The summed E-state index contributed by atoms with van der Waals surface area (Å²) in [5.74, 6) is -0.757. The van der Waals surface area contributed by atoms with Gasteiger partial charge < -0.3 is 14.8 Å². The van der Waals surface area contributed by atoms with Crippen molar-refractivity contribution in [3.05, 3.63) is 53.6 Å². The van der Waals surface area contributed by atoms with Gasteiger partial charge >= 0.3 is 5.97 Å². The van der Waals surface area contributed by atoms with Crippen molar-refractivity contribution in [1.29, 1.82) is 5.26 Å². The molecule has 1 amide bonds. The van der Waals surface area contributed by atoms with Crippen LogP contribution in [0.3, 0.4) is 0 Å². The molecule has 0 unspecified atom stereocenters. The molecule has 0 saturated carbocycles. The van der Waals surface area contributed by atoms with Crippen molar-refractivity contribution < 1.29 is 19.1 Å². The standard InChI is InChI=1S/C18H16N2O4S/c1-23-16-9-14(25-2)6-7-15(16)18(22)24-11-17(21)20-13-5-3-4-12(8-13)10-19/h3-9H,11H2,1-2H3,(H,20,21).